The van der Waals surface area contributed by atoms with Crippen molar-refractivity contribution in [3.05, 3.63) is 29.6 Å². The summed E-state index contributed by atoms with van der Waals surface area (Å²) >= 11 is 0. The van der Waals surface area contributed by atoms with Crippen LogP contribution in [0.1, 0.15) is 24.6 Å². The van der Waals surface area contributed by atoms with Crippen LogP contribution in [0.4, 0.5) is 0 Å². The number of nitrogens with zero attached hydrogens (tertiary/aromatic N) is 1. The molecule has 4 heteroatoms. The predicted molar refractivity (Wildman–Crippen MR) is 72.5 cm³/mol. The van der Waals surface area contributed by atoms with E-state index in [-0.39, 0.29) is 0 Å². The Bertz CT molecular complexity index is 347. The molecule has 1 aromatic rings. The molecule has 0 radical (unpaired) electrons. The van der Waals surface area contributed by atoms with Crippen LogP contribution in [0.2, 0.25) is 0 Å². The van der Waals surface area contributed by atoms with Gasteiger partial charge in [0.25, 0.3) is 0 Å². The highest BCUT2D eigenvalue weighted by atomic mass is 16.5. The predicted octanol–water partition coefficient (Wildman–Crippen LogP) is 1.25. The number of hydrogen-bond acceptors (Lipinski definition) is 4. The van der Waals surface area contributed by atoms with Crippen LogP contribution in [0.25, 0.3) is 0 Å². The summed E-state index contributed by atoms with van der Waals surface area (Å²) in [6, 6.07) is 5.14. The average molecular weight is 249 g/mol. The molecule has 0 spiro atoms. The molecule has 0 saturated carbocycles. The summed E-state index contributed by atoms with van der Waals surface area (Å²) < 4.78 is 5.46. The number of rotatable bonds is 5. The van der Waals surface area contributed by atoms with E-state index in [9.17, 15) is 0 Å². The number of ether oxygens (including phenoxy) is 1. The molecule has 18 heavy (non-hydrogen) atoms. The Morgan fingerprint density at radius 2 is 2.44 bits per heavy atom. The van der Waals surface area contributed by atoms with Crippen LogP contribution in [0, 0.1) is 6.92 Å². The first-order valence-electron chi connectivity index (χ1n) is 6.70. The van der Waals surface area contributed by atoms with Gasteiger partial charge in [-0.15, -0.1) is 0 Å². The largest absolute Gasteiger partial charge is 0.379 e. The zero-order valence-corrected chi connectivity index (χ0v) is 11.3. The van der Waals surface area contributed by atoms with Crippen LogP contribution in [-0.2, 0) is 11.3 Å². The quantitative estimate of drug-likeness (QED) is 0.824. The van der Waals surface area contributed by atoms with Gasteiger partial charge in [0.2, 0.25) is 0 Å². The minimum absolute atomic E-state index is 0.477. The molecule has 4 nitrogen and oxygen atoms in total. The standard InChI is InChI=1S/C14H23N3O/c1-11-3-4-13(8-16-11)9-17-12(2)7-14-10-18-6-5-15-14/h3-4,8,12,14-15,17H,5-7,9-10H2,1-2H3. The number of morpholine rings is 1. The van der Waals surface area contributed by atoms with Crippen LogP contribution < -0.4 is 10.6 Å². The first kappa shape index (κ1) is 13.5. The molecule has 0 aliphatic carbocycles. The van der Waals surface area contributed by atoms with E-state index in [1.165, 1.54) is 5.56 Å². The van der Waals surface area contributed by atoms with E-state index in [2.05, 4.69) is 34.7 Å². The topological polar surface area (TPSA) is 46.2 Å². The number of hydrogen-bond donors (Lipinski definition) is 2. The first-order valence-corrected chi connectivity index (χ1v) is 6.70. The molecule has 0 amide bonds. The smallest absolute Gasteiger partial charge is 0.0620 e. The zero-order valence-electron chi connectivity index (χ0n) is 11.3. The molecule has 2 rings (SSSR count). The van der Waals surface area contributed by atoms with Gasteiger partial charge in [-0.25, -0.2) is 0 Å². The average Bonchev–Trinajstić information content (AvgIpc) is 2.39. The van der Waals surface area contributed by atoms with Crippen molar-refractivity contribution < 1.29 is 4.74 Å². The minimum Gasteiger partial charge on any atom is -0.379 e. The second kappa shape index (κ2) is 6.83. The van der Waals surface area contributed by atoms with Gasteiger partial charge in [0.05, 0.1) is 13.2 Å². The van der Waals surface area contributed by atoms with Crippen molar-refractivity contribution in [3.63, 3.8) is 0 Å². The van der Waals surface area contributed by atoms with Gasteiger partial charge < -0.3 is 15.4 Å². The lowest BCUT2D eigenvalue weighted by Crippen LogP contribution is -2.44. The zero-order chi connectivity index (χ0) is 12.8. The lowest BCUT2D eigenvalue weighted by molar-refractivity contribution is 0.0712. The Kier molecular flexibility index (Phi) is 5.11. The first-order chi connectivity index (χ1) is 8.74. The number of aromatic nitrogens is 1. The number of pyridine rings is 1. The van der Waals surface area contributed by atoms with Crippen molar-refractivity contribution in [1.82, 2.24) is 15.6 Å². The molecule has 1 saturated heterocycles. The monoisotopic (exact) mass is 249 g/mol. The normalized spacial score (nSPS) is 21.8. The van der Waals surface area contributed by atoms with Crippen LogP contribution >= 0.6 is 0 Å². The fourth-order valence-corrected chi connectivity index (χ4v) is 2.18. The van der Waals surface area contributed by atoms with Gasteiger partial charge in [-0.3, -0.25) is 4.98 Å². The molecule has 1 aliphatic rings. The maximum absolute atomic E-state index is 5.46. The third kappa shape index (κ3) is 4.37. The van der Waals surface area contributed by atoms with Gasteiger partial charge in [-0.05, 0) is 31.9 Å². The van der Waals surface area contributed by atoms with Crippen molar-refractivity contribution in [3.8, 4) is 0 Å². The summed E-state index contributed by atoms with van der Waals surface area (Å²) in [4.78, 5) is 4.30. The second-order valence-corrected chi connectivity index (χ2v) is 5.05. The Hall–Kier alpha value is -0.970. The Labute approximate surface area is 109 Å². The van der Waals surface area contributed by atoms with Crippen molar-refractivity contribution >= 4 is 0 Å². The Morgan fingerprint density at radius 1 is 1.56 bits per heavy atom. The fraction of sp³-hybridized carbons (Fsp3) is 0.643. The second-order valence-electron chi connectivity index (χ2n) is 5.05. The molecule has 0 bridgehead atoms. The maximum atomic E-state index is 5.46. The SMILES string of the molecule is Cc1ccc(CNC(C)CC2COCCN2)cn1. The maximum Gasteiger partial charge on any atom is 0.0620 e. The highest BCUT2D eigenvalue weighted by molar-refractivity contribution is 5.12. The molecule has 2 heterocycles. The number of aryl methyl sites for hydroxylation is 1. The highest BCUT2D eigenvalue weighted by Crippen LogP contribution is 2.04. The summed E-state index contributed by atoms with van der Waals surface area (Å²) in [7, 11) is 0. The van der Waals surface area contributed by atoms with E-state index in [0.717, 1.165) is 38.4 Å². The minimum atomic E-state index is 0.477. The third-order valence-electron chi connectivity index (χ3n) is 3.26. The summed E-state index contributed by atoms with van der Waals surface area (Å²) in [5, 5.41) is 7.01. The molecule has 1 aromatic heterocycles. The van der Waals surface area contributed by atoms with E-state index in [1.54, 1.807) is 0 Å². The van der Waals surface area contributed by atoms with Crippen molar-refractivity contribution in [2.45, 2.75) is 38.9 Å². The van der Waals surface area contributed by atoms with Crippen LogP contribution in [0.3, 0.4) is 0 Å². The fourth-order valence-electron chi connectivity index (χ4n) is 2.18. The van der Waals surface area contributed by atoms with E-state index >= 15 is 0 Å². The Morgan fingerprint density at radius 3 is 3.11 bits per heavy atom. The van der Waals surface area contributed by atoms with Crippen molar-refractivity contribution in [1.29, 1.82) is 0 Å². The lowest BCUT2D eigenvalue weighted by atomic mass is 10.1. The van der Waals surface area contributed by atoms with Gasteiger partial charge in [-0.2, -0.15) is 0 Å². The van der Waals surface area contributed by atoms with E-state index in [4.69, 9.17) is 4.74 Å². The molecule has 1 fully saturated rings. The van der Waals surface area contributed by atoms with E-state index in [0.29, 0.717) is 12.1 Å². The Balaban J connectivity index is 1.70. The molecule has 2 atom stereocenters. The molecule has 2 unspecified atom stereocenters. The summed E-state index contributed by atoms with van der Waals surface area (Å²) in [5.74, 6) is 0. The summed E-state index contributed by atoms with van der Waals surface area (Å²) in [6.45, 7) is 7.75. The highest BCUT2D eigenvalue weighted by Gasteiger charge is 2.15. The van der Waals surface area contributed by atoms with Crippen molar-refractivity contribution in [2.75, 3.05) is 19.8 Å². The summed E-state index contributed by atoms with van der Waals surface area (Å²) in [6.07, 6.45) is 3.04. The van der Waals surface area contributed by atoms with Crippen LogP contribution in [-0.4, -0.2) is 36.8 Å². The van der Waals surface area contributed by atoms with Crippen molar-refractivity contribution in [2.24, 2.45) is 0 Å². The van der Waals surface area contributed by atoms with Gasteiger partial charge >= 0.3 is 0 Å². The molecular formula is C14H23N3O. The number of nitrogens with one attached hydrogen (secondary N) is 2. The van der Waals surface area contributed by atoms with E-state index in [1.807, 2.05) is 13.1 Å². The van der Waals surface area contributed by atoms with E-state index < -0.39 is 0 Å². The van der Waals surface area contributed by atoms with Gasteiger partial charge in [-0.1, -0.05) is 6.07 Å². The molecular weight excluding hydrogens is 226 g/mol. The summed E-state index contributed by atoms with van der Waals surface area (Å²) in [5.41, 5.74) is 2.30. The van der Waals surface area contributed by atoms with Gasteiger partial charge in [0.1, 0.15) is 0 Å². The molecule has 2 N–H and O–H groups in total. The molecule has 1 aliphatic heterocycles. The molecule has 100 valence electrons. The third-order valence-corrected chi connectivity index (χ3v) is 3.26. The molecule has 0 aromatic carbocycles. The lowest BCUT2D eigenvalue weighted by Gasteiger charge is -2.26. The van der Waals surface area contributed by atoms with Crippen LogP contribution in [0.15, 0.2) is 18.3 Å². The van der Waals surface area contributed by atoms with Gasteiger partial charge in [0.15, 0.2) is 0 Å². The van der Waals surface area contributed by atoms with Gasteiger partial charge in [0, 0.05) is 37.1 Å². The van der Waals surface area contributed by atoms with Crippen LogP contribution in [0.5, 0.6) is 0 Å².